The lowest BCUT2D eigenvalue weighted by molar-refractivity contribution is -0.129. The molecular weight excluding hydrogens is 334 g/mol. The Labute approximate surface area is 151 Å². The van der Waals surface area contributed by atoms with Gasteiger partial charge in [0.15, 0.2) is 5.82 Å². The number of nitrogens with zero attached hydrogens (tertiary/aromatic N) is 4. The molecule has 0 bridgehead atoms. The minimum atomic E-state index is 0.0997. The molecule has 2 aliphatic carbocycles. The van der Waals surface area contributed by atoms with Crippen LogP contribution in [0.5, 0.6) is 0 Å². The Morgan fingerprint density at radius 2 is 2.12 bits per heavy atom. The summed E-state index contributed by atoms with van der Waals surface area (Å²) in [7, 11) is 1.90. The highest BCUT2D eigenvalue weighted by molar-refractivity contribution is 7.99. The number of nitrogens with two attached hydrogens (primary N) is 1. The standard InChI is InChI=1S/C18H23N5OS/c1-22(15-8-4-6-12-5-2-3-7-14(12)15)16(24)11-25-18-21-20-17(23(18)19)13-9-10-13/h2-3,5,7,13,15H,4,6,8-11,19H2,1H3. The van der Waals surface area contributed by atoms with Crippen LogP contribution in [0, 0.1) is 0 Å². The molecule has 1 fully saturated rings. The molecule has 0 saturated heterocycles. The third kappa shape index (κ3) is 3.25. The first-order chi connectivity index (χ1) is 12.1. The molecule has 1 unspecified atom stereocenters. The summed E-state index contributed by atoms with van der Waals surface area (Å²) in [4.78, 5) is 14.6. The highest BCUT2D eigenvalue weighted by Crippen LogP contribution is 2.39. The molecule has 2 aromatic rings. The number of aromatic nitrogens is 3. The van der Waals surface area contributed by atoms with Crippen molar-refractivity contribution in [3.63, 3.8) is 0 Å². The Bertz CT molecular complexity index is 786. The maximum Gasteiger partial charge on any atom is 0.233 e. The second-order valence-electron chi connectivity index (χ2n) is 6.89. The van der Waals surface area contributed by atoms with Crippen molar-refractivity contribution in [1.29, 1.82) is 0 Å². The maximum absolute atomic E-state index is 12.7. The van der Waals surface area contributed by atoms with Crippen LogP contribution in [0.15, 0.2) is 29.4 Å². The number of carbonyl (C=O) groups excluding carboxylic acids is 1. The number of aryl methyl sites for hydroxylation is 1. The minimum absolute atomic E-state index is 0.0997. The van der Waals surface area contributed by atoms with Gasteiger partial charge in [-0.2, -0.15) is 0 Å². The molecule has 2 aliphatic rings. The molecule has 1 amide bonds. The number of thioether (sulfide) groups is 1. The van der Waals surface area contributed by atoms with E-state index >= 15 is 0 Å². The van der Waals surface area contributed by atoms with Crippen LogP contribution in [0.3, 0.4) is 0 Å². The van der Waals surface area contributed by atoms with Crippen LogP contribution < -0.4 is 5.84 Å². The average Bonchev–Trinajstić information content (AvgIpc) is 3.42. The van der Waals surface area contributed by atoms with Gasteiger partial charge < -0.3 is 10.7 Å². The molecule has 1 saturated carbocycles. The predicted octanol–water partition coefficient (Wildman–Crippen LogP) is 2.50. The monoisotopic (exact) mass is 357 g/mol. The largest absolute Gasteiger partial charge is 0.338 e. The second kappa shape index (κ2) is 6.71. The van der Waals surface area contributed by atoms with Crippen molar-refractivity contribution in [2.45, 2.75) is 49.2 Å². The first-order valence-electron chi connectivity index (χ1n) is 8.82. The topological polar surface area (TPSA) is 77.0 Å². The molecule has 0 aliphatic heterocycles. The van der Waals surface area contributed by atoms with Crippen LogP contribution in [-0.4, -0.2) is 38.5 Å². The number of rotatable bonds is 5. The van der Waals surface area contributed by atoms with Crippen molar-refractivity contribution in [2.75, 3.05) is 18.6 Å². The highest BCUT2D eigenvalue weighted by Gasteiger charge is 2.30. The van der Waals surface area contributed by atoms with E-state index < -0.39 is 0 Å². The normalized spacial score (nSPS) is 19.5. The van der Waals surface area contributed by atoms with Gasteiger partial charge in [-0.1, -0.05) is 36.0 Å². The molecule has 0 spiro atoms. The van der Waals surface area contributed by atoms with Crippen LogP contribution in [0.4, 0.5) is 0 Å². The van der Waals surface area contributed by atoms with E-state index in [1.807, 2.05) is 11.9 Å². The maximum atomic E-state index is 12.7. The summed E-state index contributed by atoms with van der Waals surface area (Å²) in [5.74, 6) is 7.77. The summed E-state index contributed by atoms with van der Waals surface area (Å²) in [6, 6.07) is 8.61. The fourth-order valence-corrected chi connectivity index (χ4v) is 4.33. The summed E-state index contributed by atoms with van der Waals surface area (Å²) >= 11 is 1.37. The molecule has 25 heavy (non-hydrogen) atoms. The van der Waals surface area contributed by atoms with Gasteiger partial charge in [0.05, 0.1) is 11.8 Å². The van der Waals surface area contributed by atoms with Crippen molar-refractivity contribution >= 4 is 17.7 Å². The van der Waals surface area contributed by atoms with Gasteiger partial charge in [0.1, 0.15) is 0 Å². The third-order valence-corrected chi connectivity index (χ3v) is 6.08. The summed E-state index contributed by atoms with van der Waals surface area (Å²) in [5, 5.41) is 8.92. The Kier molecular flexibility index (Phi) is 4.41. The summed E-state index contributed by atoms with van der Waals surface area (Å²) in [6.45, 7) is 0. The number of hydrogen-bond donors (Lipinski definition) is 1. The quantitative estimate of drug-likeness (QED) is 0.657. The van der Waals surface area contributed by atoms with E-state index in [0.717, 1.165) is 37.9 Å². The van der Waals surface area contributed by atoms with Gasteiger partial charge in [-0.3, -0.25) is 4.79 Å². The predicted molar refractivity (Wildman–Crippen MR) is 97.8 cm³/mol. The summed E-state index contributed by atoms with van der Waals surface area (Å²) in [6.07, 6.45) is 5.49. The van der Waals surface area contributed by atoms with Gasteiger partial charge in [0.2, 0.25) is 11.1 Å². The van der Waals surface area contributed by atoms with Gasteiger partial charge in [-0.25, -0.2) is 4.68 Å². The van der Waals surface area contributed by atoms with Gasteiger partial charge in [0, 0.05) is 13.0 Å². The molecule has 6 nitrogen and oxygen atoms in total. The molecule has 1 aromatic carbocycles. The summed E-state index contributed by atoms with van der Waals surface area (Å²) in [5.41, 5.74) is 2.65. The number of carbonyl (C=O) groups is 1. The van der Waals surface area contributed by atoms with E-state index in [9.17, 15) is 4.79 Å². The molecule has 2 N–H and O–H groups in total. The minimum Gasteiger partial charge on any atom is -0.338 e. The van der Waals surface area contributed by atoms with Crippen molar-refractivity contribution in [2.24, 2.45) is 0 Å². The first-order valence-corrected chi connectivity index (χ1v) is 9.80. The average molecular weight is 357 g/mol. The first kappa shape index (κ1) is 16.4. The lowest BCUT2D eigenvalue weighted by Crippen LogP contribution is -2.34. The summed E-state index contributed by atoms with van der Waals surface area (Å²) < 4.78 is 1.55. The molecule has 1 aromatic heterocycles. The molecule has 1 atom stereocenters. The lowest BCUT2D eigenvalue weighted by atomic mass is 9.87. The molecular formula is C18H23N5OS. The number of nitrogen functional groups attached to an aromatic ring is 1. The Balaban J connectivity index is 1.41. The van der Waals surface area contributed by atoms with E-state index in [1.165, 1.54) is 22.9 Å². The Morgan fingerprint density at radius 1 is 1.32 bits per heavy atom. The Hall–Kier alpha value is -2.02. The number of fused-ring (bicyclic) bond motifs is 1. The van der Waals surface area contributed by atoms with E-state index in [1.54, 1.807) is 4.68 Å². The van der Waals surface area contributed by atoms with Crippen molar-refractivity contribution in [1.82, 2.24) is 19.8 Å². The van der Waals surface area contributed by atoms with Crippen LogP contribution >= 0.6 is 11.8 Å². The fourth-order valence-electron chi connectivity index (χ4n) is 3.54. The van der Waals surface area contributed by atoms with Crippen LogP contribution in [0.25, 0.3) is 0 Å². The SMILES string of the molecule is CN(C(=O)CSc1nnc(C2CC2)n1N)C1CCCc2ccccc21. The lowest BCUT2D eigenvalue weighted by Gasteiger charge is -2.33. The van der Waals surface area contributed by atoms with Crippen molar-refractivity contribution < 1.29 is 4.79 Å². The van der Waals surface area contributed by atoms with Gasteiger partial charge in [-0.05, 0) is 43.2 Å². The molecule has 7 heteroatoms. The zero-order valence-corrected chi connectivity index (χ0v) is 15.2. The van der Waals surface area contributed by atoms with Crippen LogP contribution in [0.2, 0.25) is 0 Å². The molecule has 0 radical (unpaired) electrons. The van der Waals surface area contributed by atoms with Crippen molar-refractivity contribution in [3.05, 3.63) is 41.2 Å². The van der Waals surface area contributed by atoms with Crippen LogP contribution in [0.1, 0.15) is 54.6 Å². The highest BCUT2D eigenvalue weighted by atomic mass is 32.2. The Morgan fingerprint density at radius 3 is 2.92 bits per heavy atom. The molecule has 4 rings (SSSR count). The van der Waals surface area contributed by atoms with E-state index in [4.69, 9.17) is 5.84 Å². The van der Waals surface area contributed by atoms with Gasteiger partial charge >= 0.3 is 0 Å². The number of hydrogen-bond acceptors (Lipinski definition) is 5. The van der Waals surface area contributed by atoms with Gasteiger partial charge in [-0.15, -0.1) is 10.2 Å². The van der Waals surface area contributed by atoms with Crippen LogP contribution in [-0.2, 0) is 11.2 Å². The smallest absolute Gasteiger partial charge is 0.233 e. The fraction of sp³-hybridized carbons (Fsp3) is 0.500. The number of benzene rings is 1. The number of amides is 1. The zero-order valence-electron chi connectivity index (χ0n) is 14.4. The molecule has 1 heterocycles. The second-order valence-corrected chi connectivity index (χ2v) is 7.83. The van der Waals surface area contributed by atoms with Gasteiger partial charge in [0.25, 0.3) is 0 Å². The third-order valence-electron chi connectivity index (χ3n) is 5.16. The van der Waals surface area contributed by atoms with E-state index in [2.05, 4.69) is 34.5 Å². The zero-order chi connectivity index (χ0) is 17.4. The van der Waals surface area contributed by atoms with Crippen molar-refractivity contribution in [3.8, 4) is 0 Å². The van der Waals surface area contributed by atoms with E-state index in [0.29, 0.717) is 16.8 Å². The molecule has 132 valence electrons. The van der Waals surface area contributed by atoms with E-state index in [-0.39, 0.29) is 11.9 Å².